The molecular weight excluding hydrogens is 178 g/mol. The van der Waals surface area contributed by atoms with Crippen molar-refractivity contribution in [3.63, 3.8) is 0 Å². The first-order valence-corrected chi connectivity index (χ1v) is 5.53. The van der Waals surface area contributed by atoms with Crippen LogP contribution in [-0.4, -0.2) is 30.3 Å². The average molecular weight is 199 g/mol. The molecule has 0 rings (SSSR count). The summed E-state index contributed by atoms with van der Waals surface area (Å²) in [7, 11) is 0. The second-order valence-electron chi connectivity index (χ2n) is 3.07. The van der Waals surface area contributed by atoms with Gasteiger partial charge in [-0.05, 0) is 31.6 Å². The quantitative estimate of drug-likeness (QED) is 0.441. The first kappa shape index (κ1) is 12.8. The zero-order valence-electron chi connectivity index (χ0n) is 8.41. The standard InChI is InChI=1S/C11H21NS/c1-3-5-8-12(9-6-4-2)10-7-11-13/h3-4,13H,1-2,5-11H2. The van der Waals surface area contributed by atoms with Gasteiger partial charge in [-0.15, -0.1) is 13.2 Å². The zero-order valence-corrected chi connectivity index (χ0v) is 9.31. The van der Waals surface area contributed by atoms with Crippen LogP contribution in [0.15, 0.2) is 25.3 Å². The van der Waals surface area contributed by atoms with Crippen LogP contribution < -0.4 is 0 Å². The Labute approximate surface area is 87.9 Å². The summed E-state index contributed by atoms with van der Waals surface area (Å²) in [5, 5.41) is 0. The van der Waals surface area contributed by atoms with E-state index in [0.717, 1.165) is 44.6 Å². The van der Waals surface area contributed by atoms with Gasteiger partial charge in [0, 0.05) is 13.1 Å². The van der Waals surface area contributed by atoms with Gasteiger partial charge in [-0.1, -0.05) is 12.2 Å². The average Bonchev–Trinajstić information content (AvgIpc) is 2.17. The minimum atomic E-state index is 0.971. The molecule has 0 amide bonds. The molecule has 76 valence electrons. The second kappa shape index (κ2) is 9.87. The summed E-state index contributed by atoms with van der Waals surface area (Å²) in [5.41, 5.74) is 0. The molecule has 0 fully saturated rings. The van der Waals surface area contributed by atoms with E-state index in [2.05, 4.69) is 30.7 Å². The van der Waals surface area contributed by atoms with E-state index in [1.807, 2.05) is 12.2 Å². The van der Waals surface area contributed by atoms with E-state index >= 15 is 0 Å². The molecule has 0 heterocycles. The molecule has 2 heteroatoms. The first-order chi connectivity index (χ1) is 6.35. The van der Waals surface area contributed by atoms with Crippen molar-refractivity contribution < 1.29 is 0 Å². The molecule has 0 N–H and O–H groups in total. The highest BCUT2D eigenvalue weighted by Crippen LogP contribution is 1.98. The van der Waals surface area contributed by atoms with Crippen molar-refractivity contribution in [2.45, 2.75) is 19.3 Å². The summed E-state index contributed by atoms with van der Waals surface area (Å²) in [4.78, 5) is 2.44. The van der Waals surface area contributed by atoms with Gasteiger partial charge in [0.15, 0.2) is 0 Å². The number of thiol groups is 1. The molecule has 0 aliphatic rings. The number of hydrogen-bond acceptors (Lipinski definition) is 2. The molecule has 0 atom stereocenters. The topological polar surface area (TPSA) is 3.24 Å². The fraction of sp³-hybridized carbons (Fsp3) is 0.636. The van der Waals surface area contributed by atoms with Gasteiger partial charge in [0.25, 0.3) is 0 Å². The summed E-state index contributed by atoms with van der Waals surface area (Å²) in [5.74, 6) is 0.971. The van der Waals surface area contributed by atoms with Crippen molar-refractivity contribution in [1.82, 2.24) is 4.90 Å². The van der Waals surface area contributed by atoms with Crippen LogP contribution in [0, 0.1) is 0 Å². The monoisotopic (exact) mass is 199 g/mol. The SMILES string of the molecule is C=CCCN(CCC=C)CCCS. The normalized spacial score (nSPS) is 10.3. The minimum Gasteiger partial charge on any atom is -0.303 e. The van der Waals surface area contributed by atoms with Gasteiger partial charge < -0.3 is 4.90 Å². The molecule has 0 aromatic heterocycles. The fourth-order valence-corrected chi connectivity index (χ4v) is 1.32. The molecule has 0 bridgehead atoms. The Bertz CT molecular complexity index is 122. The maximum Gasteiger partial charge on any atom is 0.00159 e. The Kier molecular flexibility index (Phi) is 9.72. The molecule has 0 aliphatic carbocycles. The summed E-state index contributed by atoms with van der Waals surface area (Å²) in [6, 6.07) is 0. The maximum absolute atomic E-state index is 4.21. The molecule has 0 saturated carbocycles. The van der Waals surface area contributed by atoms with E-state index in [0.29, 0.717) is 0 Å². The fourth-order valence-electron chi connectivity index (χ4n) is 1.18. The van der Waals surface area contributed by atoms with E-state index in [4.69, 9.17) is 0 Å². The Hall–Kier alpha value is -0.210. The molecule has 0 aromatic carbocycles. The highest BCUT2D eigenvalue weighted by Gasteiger charge is 2.00. The Morgan fingerprint density at radius 3 is 1.92 bits per heavy atom. The van der Waals surface area contributed by atoms with Gasteiger partial charge in [0.2, 0.25) is 0 Å². The van der Waals surface area contributed by atoms with Crippen LogP contribution >= 0.6 is 12.6 Å². The predicted molar refractivity (Wildman–Crippen MR) is 64.5 cm³/mol. The van der Waals surface area contributed by atoms with Crippen LogP contribution in [0.5, 0.6) is 0 Å². The van der Waals surface area contributed by atoms with Crippen molar-refractivity contribution in [2.24, 2.45) is 0 Å². The highest BCUT2D eigenvalue weighted by atomic mass is 32.1. The van der Waals surface area contributed by atoms with Gasteiger partial charge in [0.1, 0.15) is 0 Å². The molecule has 0 saturated heterocycles. The van der Waals surface area contributed by atoms with E-state index in [-0.39, 0.29) is 0 Å². The maximum atomic E-state index is 4.21. The van der Waals surface area contributed by atoms with Crippen molar-refractivity contribution in [2.75, 3.05) is 25.4 Å². The van der Waals surface area contributed by atoms with Crippen molar-refractivity contribution in [1.29, 1.82) is 0 Å². The van der Waals surface area contributed by atoms with Crippen LogP contribution in [0.3, 0.4) is 0 Å². The molecule has 0 aromatic rings. The molecule has 1 nitrogen and oxygen atoms in total. The van der Waals surface area contributed by atoms with Crippen molar-refractivity contribution in [3.05, 3.63) is 25.3 Å². The summed E-state index contributed by atoms with van der Waals surface area (Å²) in [6.45, 7) is 10.8. The van der Waals surface area contributed by atoms with E-state index < -0.39 is 0 Å². The van der Waals surface area contributed by atoms with E-state index in [9.17, 15) is 0 Å². The zero-order chi connectivity index (χ0) is 9.94. The van der Waals surface area contributed by atoms with Gasteiger partial charge in [0.05, 0.1) is 0 Å². The van der Waals surface area contributed by atoms with Crippen LogP contribution in [0.2, 0.25) is 0 Å². The second-order valence-corrected chi connectivity index (χ2v) is 3.52. The van der Waals surface area contributed by atoms with Crippen LogP contribution in [0.25, 0.3) is 0 Å². The van der Waals surface area contributed by atoms with Gasteiger partial charge in [-0.2, -0.15) is 12.6 Å². The molecule has 13 heavy (non-hydrogen) atoms. The third-order valence-electron chi connectivity index (χ3n) is 1.93. The number of hydrogen-bond donors (Lipinski definition) is 1. The lowest BCUT2D eigenvalue weighted by Gasteiger charge is -2.20. The molecule has 0 unspecified atom stereocenters. The Balaban J connectivity index is 3.58. The van der Waals surface area contributed by atoms with Gasteiger partial charge >= 0.3 is 0 Å². The lowest BCUT2D eigenvalue weighted by molar-refractivity contribution is 0.286. The third-order valence-corrected chi connectivity index (χ3v) is 2.25. The first-order valence-electron chi connectivity index (χ1n) is 4.90. The third kappa shape index (κ3) is 8.13. The van der Waals surface area contributed by atoms with Gasteiger partial charge in [-0.3, -0.25) is 0 Å². The molecular formula is C11H21NS. The Morgan fingerprint density at radius 1 is 1.00 bits per heavy atom. The largest absolute Gasteiger partial charge is 0.303 e. The minimum absolute atomic E-state index is 0.971. The summed E-state index contributed by atoms with van der Waals surface area (Å²) < 4.78 is 0. The van der Waals surface area contributed by atoms with Crippen LogP contribution in [-0.2, 0) is 0 Å². The number of rotatable bonds is 9. The molecule has 0 radical (unpaired) electrons. The molecule has 0 spiro atoms. The van der Waals surface area contributed by atoms with E-state index in [1.165, 1.54) is 0 Å². The van der Waals surface area contributed by atoms with Crippen LogP contribution in [0.4, 0.5) is 0 Å². The lowest BCUT2D eigenvalue weighted by Crippen LogP contribution is -2.27. The highest BCUT2D eigenvalue weighted by molar-refractivity contribution is 7.80. The van der Waals surface area contributed by atoms with Gasteiger partial charge in [-0.25, -0.2) is 0 Å². The summed E-state index contributed by atoms with van der Waals surface area (Å²) >= 11 is 4.21. The smallest absolute Gasteiger partial charge is 0.00159 e. The van der Waals surface area contributed by atoms with Crippen molar-refractivity contribution >= 4 is 12.6 Å². The summed E-state index contributed by atoms with van der Waals surface area (Å²) in [6.07, 6.45) is 7.26. The van der Waals surface area contributed by atoms with Crippen LogP contribution in [0.1, 0.15) is 19.3 Å². The predicted octanol–water partition coefficient (Wildman–Crippen LogP) is 2.76. The van der Waals surface area contributed by atoms with E-state index in [1.54, 1.807) is 0 Å². The molecule has 0 aliphatic heterocycles. The van der Waals surface area contributed by atoms with Crippen molar-refractivity contribution in [3.8, 4) is 0 Å². The number of nitrogens with zero attached hydrogens (tertiary/aromatic N) is 1. The Morgan fingerprint density at radius 2 is 1.54 bits per heavy atom. The lowest BCUT2D eigenvalue weighted by atomic mass is 10.3.